The van der Waals surface area contributed by atoms with Crippen molar-refractivity contribution in [2.75, 3.05) is 30.1 Å². The molecule has 152 valence electrons. The molecule has 0 aliphatic carbocycles. The molecular formula is C19H23ClN2O5S. The molecule has 0 aromatic heterocycles. The lowest BCUT2D eigenvalue weighted by atomic mass is 10.2. The minimum absolute atomic E-state index is 0.318. The Hall–Kier alpha value is -2.45. The molecule has 1 N–H and O–H groups in total. The van der Waals surface area contributed by atoms with Gasteiger partial charge in [0.1, 0.15) is 17.5 Å². The second-order valence-corrected chi connectivity index (χ2v) is 8.52. The quantitative estimate of drug-likeness (QED) is 0.732. The highest BCUT2D eigenvalue weighted by Crippen LogP contribution is 2.36. The smallest absolute Gasteiger partial charge is 0.248 e. The molecule has 0 bridgehead atoms. The van der Waals surface area contributed by atoms with Gasteiger partial charge < -0.3 is 14.8 Å². The van der Waals surface area contributed by atoms with Crippen LogP contribution in [0.2, 0.25) is 5.02 Å². The molecule has 2 aromatic rings. The molecule has 7 nitrogen and oxygen atoms in total. The number of carbonyl (C=O) groups excluding carboxylic acids is 1. The van der Waals surface area contributed by atoms with Crippen LogP contribution in [0, 0.1) is 6.92 Å². The molecule has 1 unspecified atom stereocenters. The molecule has 28 heavy (non-hydrogen) atoms. The molecular weight excluding hydrogens is 404 g/mol. The van der Waals surface area contributed by atoms with Crippen LogP contribution >= 0.6 is 11.6 Å². The molecule has 9 heteroatoms. The molecule has 0 spiro atoms. The first-order valence-electron chi connectivity index (χ1n) is 8.37. The number of amides is 1. The van der Waals surface area contributed by atoms with Crippen LogP contribution < -0.4 is 19.1 Å². The van der Waals surface area contributed by atoms with Crippen LogP contribution in [0.5, 0.6) is 11.5 Å². The first-order chi connectivity index (χ1) is 13.1. The van der Waals surface area contributed by atoms with E-state index < -0.39 is 22.0 Å². The normalized spacial score (nSPS) is 12.2. The lowest BCUT2D eigenvalue weighted by Gasteiger charge is -2.28. The Morgan fingerprint density at radius 2 is 1.79 bits per heavy atom. The van der Waals surface area contributed by atoms with E-state index in [1.165, 1.54) is 33.3 Å². The van der Waals surface area contributed by atoms with Crippen molar-refractivity contribution in [3.05, 3.63) is 47.0 Å². The van der Waals surface area contributed by atoms with E-state index in [0.29, 0.717) is 27.9 Å². The fraction of sp³-hybridized carbons (Fsp3) is 0.316. The monoisotopic (exact) mass is 426 g/mol. The summed E-state index contributed by atoms with van der Waals surface area (Å²) in [6.07, 6.45) is 1.06. The standard InChI is InChI=1S/C19H23ClN2O5S/c1-12-7-6-8-14(9-12)22(28(5,24)25)13(2)19(23)21-16-11-17(26-3)15(20)10-18(16)27-4/h6-11,13H,1-5H3,(H,21,23). The average molecular weight is 427 g/mol. The third kappa shape index (κ3) is 4.88. The zero-order valence-corrected chi connectivity index (χ0v) is 17.9. The van der Waals surface area contributed by atoms with Crippen molar-refractivity contribution >= 4 is 38.9 Å². The fourth-order valence-corrected chi connectivity index (χ4v) is 4.17. The largest absolute Gasteiger partial charge is 0.495 e. The molecule has 0 heterocycles. The van der Waals surface area contributed by atoms with Gasteiger partial charge in [0, 0.05) is 12.1 Å². The van der Waals surface area contributed by atoms with E-state index in [1.54, 1.807) is 18.2 Å². The highest BCUT2D eigenvalue weighted by molar-refractivity contribution is 7.92. The van der Waals surface area contributed by atoms with Gasteiger partial charge in [-0.3, -0.25) is 9.10 Å². The van der Waals surface area contributed by atoms with Gasteiger partial charge in [-0.1, -0.05) is 23.7 Å². The van der Waals surface area contributed by atoms with Crippen molar-refractivity contribution in [1.29, 1.82) is 0 Å². The Morgan fingerprint density at radius 1 is 1.14 bits per heavy atom. The van der Waals surface area contributed by atoms with E-state index in [9.17, 15) is 13.2 Å². The molecule has 1 atom stereocenters. The van der Waals surface area contributed by atoms with Crippen LogP contribution in [0.25, 0.3) is 0 Å². The number of anilines is 2. The molecule has 0 saturated heterocycles. The van der Waals surface area contributed by atoms with Crippen LogP contribution in [-0.4, -0.2) is 40.8 Å². The summed E-state index contributed by atoms with van der Waals surface area (Å²) >= 11 is 6.08. The number of hydrogen-bond acceptors (Lipinski definition) is 5. The van der Waals surface area contributed by atoms with E-state index in [4.69, 9.17) is 21.1 Å². The number of ether oxygens (including phenoxy) is 2. The molecule has 2 aromatic carbocycles. The molecule has 0 saturated carbocycles. The second kappa shape index (κ2) is 8.70. The maximum atomic E-state index is 12.9. The van der Waals surface area contributed by atoms with Gasteiger partial charge in [0.15, 0.2) is 0 Å². The minimum Gasteiger partial charge on any atom is -0.495 e. The molecule has 0 radical (unpaired) electrons. The van der Waals surface area contributed by atoms with Gasteiger partial charge in [-0.15, -0.1) is 0 Å². The molecule has 0 aliphatic heterocycles. The number of halogens is 1. The number of benzene rings is 2. The number of sulfonamides is 1. The summed E-state index contributed by atoms with van der Waals surface area (Å²) in [6, 6.07) is 8.95. The van der Waals surface area contributed by atoms with Gasteiger partial charge in [-0.2, -0.15) is 0 Å². The Labute approximate surface area is 170 Å². The third-order valence-electron chi connectivity index (χ3n) is 4.08. The molecule has 2 rings (SSSR count). The Morgan fingerprint density at radius 3 is 2.32 bits per heavy atom. The maximum Gasteiger partial charge on any atom is 0.248 e. The highest BCUT2D eigenvalue weighted by Gasteiger charge is 2.30. The van der Waals surface area contributed by atoms with Crippen LogP contribution in [0.3, 0.4) is 0 Å². The predicted molar refractivity (Wildman–Crippen MR) is 111 cm³/mol. The summed E-state index contributed by atoms with van der Waals surface area (Å²) in [6.45, 7) is 3.36. The fourth-order valence-electron chi connectivity index (χ4n) is 2.77. The molecule has 0 fully saturated rings. The van der Waals surface area contributed by atoms with Crippen molar-refractivity contribution in [2.45, 2.75) is 19.9 Å². The summed E-state index contributed by atoms with van der Waals surface area (Å²) in [7, 11) is -0.824. The van der Waals surface area contributed by atoms with Gasteiger partial charge in [-0.05, 0) is 31.5 Å². The van der Waals surface area contributed by atoms with E-state index in [-0.39, 0.29) is 0 Å². The van der Waals surface area contributed by atoms with E-state index in [0.717, 1.165) is 16.1 Å². The van der Waals surface area contributed by atoms with Crippen molar-refractivity contribution < 1.29 is 22.7 Å². The van der Waals surface area contributed by atoms with Crippen molar-refractivity contribution in [2.24, 2.45) is 0 Å². The van der Waals surface area contributed by atoms with Gasteiger partial charge in [-0.25, -0.2) is 8.42 Å². The SMILES string of the molecule is COc1cc(NC(=O)C(C)N(c2cccc(C)c2)S(C)(=O)=O)c(OC)cc1Cl. The minimum atomic E-state index is -3.71. The van der Waals surface area contributed by atoms with E-state index in [2.05, 4.69) is 5.32 Å². The zero-order chi connectivity index (χ0) is 21.1. The van der Waals surface area contributed by atoms with Crippen molar-refractivity contribution in [1.82, 2.24) is 0 Å². The van der Waals surface area contributed by atoms with Gasteiger partial charge in [0.05, 0.1) is 36.9 Å². The maximum absolute atomic E-state index is 12.9. The van der Waals surface area contributed by atoms with Crippen molar-refractivity contribution in [3.63, 3.8) is 0 Å². The summed E-state index contributed by atoms with van der Waals surface area (Å²) < 4.78 is 36.3. The summed E-state index contributed by atoms with van der Waals surface area (Å²) in [5, 5.41) is 3.01. The van der Waals surface area contributed by atoms with Crippen molar-refractivity contribution in [3.8, 4) is 11.5 Å². The number of nitrogens with one attached hydrogen (secondary N) is 1. The number of methoxy groups -OCH3 is 2. The number of nitrogens with zero attached hydrogens (tertiary/aromatic N) is 1. The first-order valence-corrected chi connectivity index (χ1v) is 10.6. The van der Waals surface area contributed by atoms with Gasteiger partial charge in [0.2, 0.25) is 15.9 Å². The number of hydrogen-bond donors (Lipinski definition) is 1. The number of carbonyl (C=O) groups is 1. The number of rotatable bonds is 7. The Balaban J connectivity index is 2.39. The first kappa shape index (κ1) is 21.8. The Bertz CT molecular complexity index is 978. The zero-order valence-electron chi connectivity index (χ0n) is 16.3. The third-order valence-corrected chi connectivity index (χ3v) is 5.61. The van der Waals surface area contributed by atoms with Gasteiger partial charge in [0.25, 0.3) is 0 Å². The molecule has 0 aliphatic rings. The molecule has 1 amide bonds. The average Bonchev–Trinajstić information content (AvgIpc) is 2.61. The van der Waals surface area contributed by atoms with Crippen LogP contribution in [0.1, 0.15) is 12.5 Å². The topological polar surface area (TPSA) is 84.9 Å². The second-order valence-electron chi connectivity index (χ2n) is 6.25. The van der Waals surface area contributed by atoms with Crippen LogP contribution in [0.15, 0.2) is 36.4 Å². The summed E-state index contributed by atoms with van der Waals surface area (Å²) in [5.74, 6) is 0.145. The van der Waals surface area contributed by atoms with Gasteiger partial charge >= 0.3 is 0 Å². The van der Waals surface area contributed by atoms with E-state index in [1.807, 2.05) is 13.0 Å². The van der Waals surface area contributed by atoms with Crippen LogP contribution in [-0.2, 0) is 14.8 Å². The predicted octanol–water partition coefficient (Wildman–Crippen LogP) is 3.46. The lowest BCUT2D eigenvalue weighted by molar-refractivity contribution is -0.116. The lowest BCUT2D eigenvalue weighted by Crippen LogP contribution is -2.45. The summed E-state index contributed by atoms with van der Waals surface area (Å²) in [4.78, 5) is 12.9. The van der Waals surface area contributed by atoms with Crippen LogP contribution in [0.4, 0.5) is 11.4 Å². The Kier molecular flexibility index (Phi) is 6.79. The number of aryl methyl sites for hydroxylation is 1. The van der Waals surface area contributed by atoms with E-state index >= 15 is 0 Å². The highest BCUT2D eigenvalue weighted by atomic mass is 35.5. The summed E-state index contributed by atoms with van der Waals surface area (Å²) in [5.41, 5.74) is 1.60.